The van der Waals surface area contributed by atoms with E-state index >= 15 is 0 Å². The van der Waals surface area contributed by atoms with Crippen molar-refractivity contribution in [2.45, 2.75) is 44.1 Å². The van der Waals surface area contributed by atoms with Crippen LogP contribution in [-0.4, -0.2) is 37.0 Å². The van der Waals surface area contributed by atoms with Gasteiger partial charge in [-0.05, 0) is 63.7 Å². The average molecular weight is 363 g/mol. The summed E-state index contributed by atoms with van der Waals surface area (Å²) in [5.74, 6) is 0.699. The summed E-state index contributed by atoms with van der Waals surface area (Å²) in [6, 6.07) is 17.6. The summed E-state index contributed by atoms with van der Waals surface area (Å²) in [5, 5.41) is 3.27. The second-order valence-corrected chi connectivity index (χ2v) is 8.80. The summed E-state index contributed by atoms with van der Waals surface area (Å²) in [6.45, 7) is 4.97. The van der Waals surface area contributed by atoms with Crippen LogP contribution in [0.4, 0.5) is 0 Å². The third-order valence-electron chi connectivity index (χ3n) is 6.92. The number of likely N-dealkylation sites (N-methyl/N-ethyl adjacent to an activating group) is 1. The Kier molecular flexibility index (Phi) is 4.59. The molecule has 1 amide bonds. The highest BCUT2D eigenvalue weighted by Gasteiger charge is 2.53. The Morgan fingerprint density at radius 1 is 0.852 bits per heavy atom. The Morgan fingerprint density at radius 2 is 1.30 bits per heavy atom. The highest BCUT2D eigenvalue weighted by Crippen LogP contribution is 2.53. The quantitative estimate of drug-likeness (QED) is 0.895. The fourth-order valence-electron chi connectivity index (χ4n) is 5.12. The molecule has 142 valence electrons. The van der Waals surface area contributed by atoms with Crippen molar-refractivity contribution < 1.29 is 4.79 Å². The number of carbonyl (C=O) groups is 1. The Labute approximate surface area is 162 Å². The molecular formula is C24H30N2O. The maximum Gasteiger partial charge on any atom is 0.224 e. The van der Waals surface area contributed by atoms with Gasteiger partial charge in [0.15, 0.2) is 0 Å². The maximum absolute atomic E-state index is 13.2. The van der Waals surface area contributed by atoms with Crippen LogP contribution in [0.3, 0.4) is 0 Å². The first-order chi connectivity index (χ1) is 12.9. The van der Waals surface area contributed by atoms with E-state index in [2.05, 4.69) is 86.7 Å². The topological polar surface area (TPSA) is 32.3 Å². The molecule has 3 aliphatic rings. The zero-order chi connectivity index (χ0) is 19.2. The van der Waals surface area contributed by atoms with E-state index in [4.69, 9.17) is 0 Å². The van der Waals surface area contributed by atoms with Crippen LogP contribution in [0.2, 0.25) is 0 Å². The van der Waals surface area contributed by atoms with Crippen molar-refractivity contribution in [3.05, 3.63) is 70.8 Å². The SMILES string of the molecule is Cc1ccc(C2CC3(N(C)C)CNC(=O)C2C(c2ccc(C)cc2)C3)cc1. The van der Waals surface area contributed by atoms with Crippen molar-refractivity contribution in [2.24, 2.45) is 5.92 Å². The Morgan fingerprint density at radius 3 is 1.70 bits per heavy atom. The average Bonchev–Trinajstić information content (AvgIpc) is 2.90. The van der Waals surface area contributed by atoms with Gasteiger partial charge in [-0.3, -0.25) is 4.79 Å². The lowest BCUT2D eigenvalue weighted by molar-refractivity contribution is -0.125. The van der Waals surface area contributed by atoms with Gasteiger partial charge in [-0.2, -0.15) is 0 Å². The van der Waals surface area contributed by atoms with E-state index in [0.717, 1.165) is 19.4 Å². The Hall–Kier alpha value is -2.13. The zero-order valence-electron chi connectivity index (χ0n) is 16.8. The Balaban J connectivity index is 1.83. The molecule has 1 aliphatic carbocycles. The second kappa shape index (κ2) is 6.79. The van der Waals surface area contributed by atoms with Crippen molar-refractivity contribution in [3.63, 3.8) is 0 Å². The number of hydrogen-bond donors (Lipinski definition) is 1. The molecule has 2 heterocycles. The molecule has 0 aromatic heterocycles. The summed E-state index contributed by atoms with van der Waals surface area (Å²) in [4.78, 5) is 15.6. The molecule has 2 atom stereocenters. The third-order valence-corrected chi connectivity index (χ3v) is 6.92. The first-order valence-corrected chi connectivity index (χ1v) is 9.98. The number of carbonyl (C=O) groups excluding carboxylic acids is 1. The van der Waals surface area contributed by atoms with Gasteiger partial charge in [0.1, 0.15) is 0 Å². The van der Waals surface area contributed by atoms with E-state index in [9.17, 15) is 4.79 Å². The first kappa shape index (κ1) is 18.2. The first-order valence-electron chi connectivity index (χ1n) is 9.98. The molecule has 2 saturated heterocycles. The Bertz CT molecular complexity index is 767. The third kappa shape index (κ3) is 3.19. The number of benzene rings is 2. The van der Waals surface area contributed by atoms with Gasteiger partial charge in [0.05, 0.1) is 5.92 Å². The number of nitrogens with one attached hydrogen (secondary N) is 1. The summed E-state index contributed by atoms with van der Waals surface area (Å²) in [5.41, 5.74) is 5.11. The summed E-state index contributed by atoms with van der Waals surface area (Å²) in [7, 11) is 4.33. The molecule has 0 radical (unpaired) electrons. The lowest BCUT2D eigenvalue weighted by atomic mass is 9.61. The van der Waals surface area contributed by atoms with Crippen LogP contribution in [0.5, 0.6) is 0 Å². The predicted octanol–water partition coefficient (Wildman–Crippen LogP) is 4.01. The van der Waals surface area contributed by atoms with Gasteiger partial charge in [0.2, 0.25) is 5.91 Å². The van der Waals surface area contributed by atoms with Crippen molar-refractivity contribution in [1.29, 1.82) is 0 Å². The van der Waals surface area contributed by atoms with E-state index in [1.165, 1.54) is 22.3 Å². The van der Waals surface area contributed by atoms with E-state index in [-0.39, 0.29) is 29.2 Å². The van der Waals surface area contributed by atoms with Gasteiger partial charge in [-0.1, -0.05) is 59.7 Å². The minimum atomic E-state index is -0.00835. The molecule has 2 aromatic rings. The van der Waals surface area contributed by atoms with Crippen molar-refractivity contribution >= 4 is 5.91 Å². The summed E-state index contributed by atoms with van der Waals surface area (Å²) >= 11 is 0. The lowest BCUT2D eigenvalue weighted by Gasteiger charge is -2.48. The van der Waals surface area contributed by atoms with Crippen LogP contribution >= 0.6 is 0 Å². The lowest BCUT2D eigenvalue weighted by Crippen LogP contribution is -2.53. The summed E-state index contributed by atoms with van der Waals surface area (Å²) < 4.78 is 0. The molecule has 5 rings (SSSR count). The molecule has 2 bridgehead atoms. The minimum absolute atomic E-state index is 0.00619. The predicted molar refractivity (Wildman–Crippen MR) is 110 cm³/mol. The number of hydrogen-bond acceptors (Lipinski definition) is 2. The highest BCUT2D eigenvalue weighted by atomic mass is 16.2. The zero-order valence-corrected chi connectivity index (χ0v) is 16.8. The number of amides is 1. The number of fused-ring (bicyclic) bond motifs is 4. The molecule has 2 aromatic carbocycles. The van der Waals surface area contributed by atoms with E-state index in [0.29, 0.717) is 0 Å². The monoisotopic (exact) mass is 362 g/mol. The fraction of sp³-hybridized carbons (Fsp3) is 0.458. The van der Waals surface area contributed by atoms with Gasteiger partial charge in [0.25, 0.3) is 0 Å². The second-order valence-electron chi connectivity index (χ2n) is 8.80. The van der Waals surface area contributed by atoms with Crippen LogP contribution in [0, 0.1) is 19.8 Å². The van der Waals surface area contributed by atoms with E-state index < -0.39 is 0 Å². The van der Waals surface area contributed by atoms with Crippen molar-refractivity contribution in [3.8, 4) is 0 Å². The van der Waals surface area contributed by atoms with Crippen LogP contribution in [0.25, 0.3) is 0 Å². The minimum Gasteiger partial charge on any atom is -0.354 e. The van der Waals surface area contributed by atoms with Crippen LogP contribution in [0.1, 0.15) is 46.9 Å². The molecule has 27 heavy (non-hydrogen) atoms. The molecule has 2 unspecified atom stereocenters. The number of aryl methyl sites for hydroxylation is 2. The molecule has 3 nitrogen and oxygen atoms in total. The van der Waals surface area contributed by atoms with Crippen LogP contribution in [-0.2, 0) is 4.79 Å². The van der Waals surface area contributed by atoms with Crippen molar-refractivity contribution in [1.82, 2.24) is 10.2 Å². The largest absolute Gasteiger partial charge is 0.354 e. The number of nitrogens with zero attached hydrogens (tertiary/aromatic N) is 1. The fourth-order valence-corrected chi connectivity index (χ4v) is 5.12. The molecule has 3 heteroatoms. The van der Waals surface area contributed by atoms with E-state index in [1.54, 1.807) is 0 Å². The highest BCUT2D eigenvalue weighted by molar-refractivity contribution is 5.82. The molecule has 0 spiro atoms. The van der Waals surface area contributed by atoms with Crippen molar-refractivity contribution in [2.75, 3.05) is 20.6 Å². The van der Waals surface area contributed by atoms with Crippen LogP contribution < -0.4 is 5.32 Å². The van der Waals surface area contributed by atoms with Gasteiger partial charge >= 0.3 is 0 Å². The van der Waals surface area contributed by atoms with E-state index in [1.807, 2.05) is 0 Å². The normalized spacial score (nSPS) is 30.3. The summed E-state index contributed by atoms with van der Waals surface area (Å²) in [6.07, 6.45) is 2.05. The van der Waals surface area contributed by atoms with Gasteiger partial charge in [-0.15, -0.1) is 0 Å². The number of rotatable bonds is 3. The molecule has 3 fully saturated rings. The molecule has 1 saturated carbocycles. The maximum atomic E-state index is 13.2. The van der Waals surface area contributed by atoms with Gasteiger partial charge in [-0.25, -0.2) is 0 Å². The smallest absolute Gasteiger partial charge is 0.224 e. The molecule has 1 N–H and O–H groups in total. The molecular weight excluding hydrogens is 332 g/mol. The molecule has 2 aliphatic heterocycles. The van der Waals surface area contributed by atoms with Gasteiger partial charge in [0, 0.05) is 12.1 Å². The van der Waals surface area contributed by atoms with Crippen LogP contribution in [0.15, 0.2) is 48.5 Å². The van der Waals surface area contributed by atoms with Gasteiger partial charge < -0.3 is 10.2 Å². The standard InChI is InChI=1S/C24H30N2O/c1-16-5-9-18(10-6-16)20-13-24(26(3)4)14-21(22(20)23(27)25-15-24)19-11-7-17(2)8-12-19/h5-12,20-22H,13-15H2,1-4H3,(H,25,27).